The summed E-state index contributed by atoms with van der Waals surface area (Å²) in [5, 5.41) is 10.7. The van der Waals surface area contributed by atoms with Gasteiger partial charge in [0.2, 0.25) is 0 Å². The maximum atomic E-state index is 12.4. The average molecular weight is 377 g/mol. The number of nitro groups is 1. The summed E-state index contributed by atoms with van der Waals surface area (Å²) >= 11 is 2.23. The molecule has 1 amide bonds. The van der Waals surface area contributed by atoms with Crippen LogP contribution >= 0.6 is 22.7 Å². The van der Waals surface area contributed by atoms with Crippen molar-refractivity contribution in [3.05, 3.63) is 50.1 Å². The van der Waals surface area contributed by atoms with Crippen LogP contribution in [-0.2, 0) is 6.54 Å². The first-order chi connectivity index (χ1) is 12.0. The smallest absolute Gasteiger partial charge is 0.324 e. The Morgan fingerprint density at radius 1 is 1.32 bits per heavy atom. The highest BCUT2D eigenvalue weighted by molar-refractivity contribution is 7.17. The Kier molecular flexibility index (Phi) is 4.95. The van der Waals surface area contributed by atoms with Gasteiger partial charge in [0.25, 0.3) is 5.91 Å². The van der Waals surface area contributed by atoms with Gasteiger partial charge in [0.15, 0.2) is 4.80 Å². The van der Waals surface area contributed by atoms with Gasteiger partial charge in [-0.15, -0.1) is 0 Å². The fourth-order valence-electron chi connectivity index (χ4n) is 2.39. The van der Waals surface area contributed by atoms with Crippen LogP contribution in [0.5, 0.6) is 5.75 Å². The van der Waals surface area contributed by atoms with E-state index in [2.05, 4.69) is 4.99 Å². The number of nitrogens with zero attached hydrogens (tertiary/aromatic N) is 3. The summed E-state index contributed by atoms with van der Waals surface area (Å²) in [6.45, 7) is 2.78. The molecule has 0 saturated carbocycles. The van der Waals surface area contributed by atoms with Gasteiger partial charge < -0.3 is 9.30 Å². The number of amides is 1. The second kappa shape index (κ2) is 7.16. The third kappa shape index (κ3) is 3.47. The van der Waals surface area contributed by atoms with Crippen molar-refractivity contribution in [3.63, 3.8) is 0 Å². The van der Waals surface area contributed by atoms with Crippen LogP contribution in [0.1, 0.15) is 23.0 Å². The van der Waals surface area contributed by atoms with Crippen molar-refractivity contribution in [2.45, 2.75) is 19.9 Å². The zero-order valence-electron chi connectivity index (χ0n) is 13.6. The summed E-state index contributed by atoms with van der Waals surface area (Å²) in [6, 6.07) is 8.49. The fourth-order valence-corrected chi connectivity index (χ4v) is 4.18. The normalized spacial score (nSPS) is 11.8. The Labute approximate surface area is 151 Å². The predicted octanol–water partition coefficient (Wildman–Crippen LogP) is 3.83. The molecule has 0 saturated heterocycles. The van der Waals surface area contributed by atoms with Crippen molar-refractivity contribution >= 4 is 43.8 Å². The van der Waals surface area contributed by atoms with Crippen molar-refractivity contribution in [2.75, 3.05) is 7.11 Å². The number of ether oxygens (including phenoxy) is 1. The lowest BCUT2D eigenvalue weighted by molar-refractivity contribution is -0.380. The van der Waals surface area contributed by atoms with Gasteiger partial charge in [0.1, 0.15) is 10.6 Å². The summed E-state index contributed by atoms with van der Waals surface area (Å²) < 4.78 is 8.20. The Morgan fingerprint density at radius 3 is 2.76 bits per heavy atom. The number of methoxy groups -OCH3 is 1. The van der Waals surface area contributed by atoms with Gasteiger partial charge in [-0.05, 0) is 30.7 Å². The van der Waals surface area contributed by atoms with Gasteiger partial charge in [0, 0.05) is 12.6 Å². The molecule has 0 radical (unpaired) electrons. The predicted molar refractivity (Wildman–Crippen MR) is 97.5 cm³/mol. The molecule has 1 aromatic carbocycles. The van der Waals surface area contributed by atoms with Gasteiger partial charge in [0.05, 0.1) is 22.2 Å². The largest absolute Gasteiger partial charge is 0.497 e. The summed E-state index contributed by atoms with van der Waals surface area (Å²) in [5.74, 6) is 0.269. The molecule has 25 heavy (non-hydrogen) atoms. The maximum absolute atomic E-state index is 12.4. The lowest BCUT2D eigenvalue weighted by atomic mass is 10.3. The summed E-state index contributed by atoms with van der Waals surface area (Å²) in [4.78, 5) is 27.7. The summed E-state index contributed by atoms with van der Waals surface area (Å²) in [5.41, 5.74) is 0.983. The number of rotatable bonds is 5. The molecule has 0 aliphatic rings. The summed E-state index contributed by atoms with van der Waals surface area (Å²) in [6.07, 6.45) is 0.893. The van der Waals surface area contributed by atoms with E-state index in [1.807, 2.05) is 29.7 Å². The first kappa shape index (κ1) is 17.3. The number of carbonyl (C=O) groups excluding carboxylic acids is 1. The molecule has 0 aliphatic heterocycles. The SMILES string of the molecule is CCCn1c(=NC(=O)c2ccc([N+](=O)[O-])s2)sc2cc(OC)ccc21. The number of hydrogen-bond acceptors (Lipinski definition) is 6. The Bertz CT molecular complexity index is 1020. The molecule has 0 aliphatic carbocycles. The summed E-state index contributed by atoms with van der Waals surface area (Å²) in [7, 11) is 1.60. The van der Waals surface area contributed by atoms with Crippen LogP contribution in [-0.4, -0.2) is 22.5 Å². The molecule has 3 rings (SSSR count). The number of thiazole rings is 1. The Hall–Kier alpha value is -2.52. The maximum Gasteiger partial charge on any atom is 0.324 e. The number of fused-ring (bicyclic) bond motifs is 1. The second-order valence-electron chi connectivity index (χ2n) is 5.18. The third-order valence-electron chi connectivity index (χ3n) is 3.52. The molecule has 0 spiro atoms. The third-order valence-corrected chi connectivity index (χ3v) is 5.58. The monoisotopic (exact) mass is 377 g/mol. The molecule has 0 unspecified atom stereocenters. The molecule has 130 valence electrons. The van der Waals surface area contributed by atoms with Crippen LogP contribution in [0.2, 0.25) is 0 Å². The van der Waals surface area contributed by atoms with E-state index in [-0.39, 0.29) is 9.88 Å². The minimum absolute atomic E-state index is 0.0685. The number of benzene rings is 1. The van der Waals surface area contributed by atoms with Crippen LogP contribution in [0.15, 0.2) is 35.3 Å². The van der Waals surface area contributed by atoms with Crippen molar-refractivity contribution in [3.8, 4) is 5.75 Å². The Morgan fingerprint density at radius 2 is 2.12 bits per heavy atom. The van der Waals surface area contributed by atoms with Crippen LogP contribution in [0.3, 0.4) is 0 Å². The highest BCUT2D eigenvalue weighted by Crippen LogP contribution is 2.25. The minimum atomic E-state index is -0.509. The van der Waals surface area contributed by atoms with Crippen LogP contribution < -0.4 is 9.54 Å². The molecule has 9 heteroatoms. The molecule has 7 nitrogen and oxygen atoms in total. The molecule has 0 N–H and O–H groups in total. The quantitative estimate of drug-likeness (QED) is 0.499. The minimum Gasteiger partial charge on any atom is -0.497 e. The van der Waals surface area contributed by atoms with Gasteiger partial charge in [-0.3, -0.25) is 14.9 Å². The highest BCUT2D eigenvalue weighted by atomic mass is 32.1. The second-order valence-corrected chi connectivity index (χ2v) is 7.25. The Balaban J connectivity index is 2.08. The number of carbonyl (C=O) groups is 1. The van der Waals surface area contributed by atoms with Crippen LogP contribution in [0, 0.1) is 10.1 Å². The van der Waals surface area contributed by atoms with Gasteiger partial charge in [-0.1, -0.05) is 29.6 Å². The van der Waals surface area contributed by atoms with E-state index in [1.54, 1.807) is 7.11 Å². The molecule has 2 aromatic heterocycles. The standard InChI is InChI=1S/C16H15N3O4S2/c1-3-8-18-11-5-4-10(23-2)9-13(11)25-16(18)17-15(20)12-6-7-14(24-12)19(21)22/h4-7,9H,3,8H2,1-2H3. The molecule has 0 fully saturated rings. The van der Waals surface area contributed by atoms with Crippen molar-refractivity contribution in [1.29, 1.82) is 0 Å². The molecule has 0 bridgehead atoms. The fraction of sp³-hybridized carbons (Fsp3) is 0.250. The van der Waals surface area contributed by atoms with E-state index in [4.69, 9.17) is 4.74 Å². The van der Waals surface area contributed by atoms with E-state index in [9.17, 15) is 14.9 Å². The van der Waals surface area contributed by atoms with Gasteiger partial charge in [-0.2, -0.15) is 4.99 Å². The first-order valence-corrected chi connectivity index (χ1v) is 9.17. The van der Waals surface area contributed by atoms with E-state index < -0.39 is 10.8 Å². The zero-order valence-corrected chi connectivity index (χ0v) is 15.2. The highest BCUT2D eigenvalue weighted by Gasteiger charge is 2.15. The van der Waals surface area contributed by atoms with Crippen LogP contribution in [0.25, 0.3) is 10.2 Å². The lowest BCUT2D eigenvalue weighted by Crippen LogP contribution is -2.16. The van der Waals surface area contributed by atoms with Crippen LogP contribution in [0.4, 0.5) is 5.00 Å². The first-order valence-electron chi connectivity index (χ1n) is 7.54. The molecular weight excluding hydrogens is 362 g/mol. The lowest BCUT2D eigenvalue weighted by Gasteiger charge is -2.03. The van der Waals surface area contributed by atoms with Gasteiger partial charge in [-0.25, -0.2) is 0 Å². The van der Waals surface area contributed by atoms with Crippen molar-refractivity contribution in [1.82, 2.24) is 4.57 Å². The number of thiophene rings is 1. The number of aryl methyl sites for hydroxylation is 1. The van der Waals surface area contributed by atoms with E-state index in [1.165, 1.54) is 23.5 Å². The average Bonchev–Trinajstić information content (AvgIpc) is 3.20. The molecular formula is C16H15N3O4S2. The van der Waals surface area contributed by atoms with Crippen molar-refractivity contribution < 1.29 is 14.5 Å². The molecule has 2 heterocycles. The molecule has 3 aromatic rings. The van der Waals surface area contributed by atoms with E-state index in [0.29, 0.717) is 4.80 Å². The zero-order chi connectivity index (χ0) is 18.0. The van der Waals surface area contributed by atoms with Crippen molar-refractivity contribution in [2.24, 2.45) is 4.99 Å². The molecule has 0 atom stereocenters. The van der Waals surface area contributed by atoms with Gasteiger partial charge >= 0.3 is 5.00 Å². The topological polar surface area (TPSA) is 86.7 Å². The number of hydrogen-bond donors (Lipinski definition) is 0. The number of aromatic nitrogens is 1. The van der Waals surface area contributed by atoms with E-state index in [0.717, 1.165) is 40.3 Å². The van der Waals surface area contributed by atoms with E-state index >= 15 is 0 Å².